The maximum absolute atomic E-state index is 14.8. The van der Waals surface area contributed by atoms with Crippen molar-refractivity contribution in [3.63, 3.8) is 0 Å². The summed E-state index contributed by atoms with van der Waals surface area (Å²) in [6, 6.07) is 22.0. The number of aliphatic hydroxyl groups is 1. The van der Waals surface area contributed by atoms with Crippen molar-refractivity contribution in [1.82, 2.24) is 4.90 Å². The number of rotatable bonds is 5. The number of methoxy groups -OCH3 is 1. The van der Waals surface area contributed by atoms with Crippen molar-refractivity contribution < 1.29 is 19.0 Å². The lowest BCUT2D eigenvalue weighted by molar-refractivity contribution is -0.130. The SMILES string of the molecule is COc1ccccc1CN1C(=O)C(O)=C(c2ccccc2)C1c1ccccc1F. The van der Waals surface area contributed by atoms with Crippen molar-refractivity contribution in [2.75, 3.05) is 7.11 Å². The maximum atomic E-state index is 14.8. The number of hydrogen-bond donors (Lipinski definition) is 1. The van der Waals surface area contributed by atoms with Crippen LogP contribution in [0.15, 0.2) is 84.6 Å². The van der Waals surface area contributed by atoms with Crippen LogP contribution in [0, 0.1) is 5.82 Å². The molecule has 0 saturated carbocycles. The zero-order chi connectivity index (χ0) is 20.4. The predicted octanol–water partition coefficient (Wildman–Crippen LogP) is 4.89. The highest BCUT2D eigenvalue weighted by molar-refractivity contribution is 6.05. The second kappa shape index (κ2) is 7.80. The molecule has 0 fully saturated rings. The van der Waals surface area contributed by atoms with Gasteiger partial charge in [0.25, 0.3) is 5.91 Å². The lowest BCUT2D eigenvalue weighted by atomic mass is 9.93. The third-order valence-corrected chi connectivity index (χ3v) is 5.12. The first kappa shape index (κ1) is 18.7. The minimum atomic E-state index is -0.754. The number of carbonyl (C=O) groups is 1. The van der Waals surface area contributed by atoms with Crippen molar-refractivity contribution >= 4 is 11.5 Å². The van der Waals surface area contributed by atoms with Crippen molar-refractivity contribution in [2.24, 2.45) is 0 Å². The fourth-order valence-corrected chi connectivity index (χ4v) is 3.77. The van der Waals surface area contributed by atoms with E-state index < -0.39 is 17.8 Å². The molecule has 0 bridgehead atoms. The van der Waals surface area contributed by atoms with Crippen LogP contribution in [0.1, 0.15) is 22.7 Å². The smallest absolute Gasteiger partial charge is 0.290 e. The molecule has 0 radical (unpaired) electrons. The average molecular weight is 389 g/mol. The Bertz CT molecular complexity index is 1080. The summed E-state index contributed by atoms with van der Waals surface area (Å²) in [5.74, 6) is -0.707. The number of amides is 1. The number of para-hydroxylation sites is 1. The number of aliphatic hydroxyl groups excluding tert-OH is 1. The Balaban J connectivity index is 1.85. The first-order valence-electron chi connectivity index (χ1n) is 9.27. The highest BCUT2D eigenvalue weighted by atomic mass is 19.1. The Kier molecular flexibility index (Phi) is 5.04. The van der Waals surface area contributed by atoms with Gasteiger partial charge in [0.15, 0.2) is 5.76 Å². The van der Waals surface area contributed by atoms with E-state index in [4.69, 9.17) is 4.74 Å². The largest absolute Gasteiger partial charge is 0.503 e. The van der Waals surface area contributed by atoms with Gasteiger partial charge in [-0.1, -0.05) is 66.7 Å². The van der Waals surface area contributed by atoms with Gasteiger partial charge in [-0.15, -0.1) is 0 Å². The molecule has 1 atom stereocenters. The summed E-state index contributed by atoms with van der Waals surface area (Å²) in [4.78, 5) is 14.5. The summed E-state index contributed by atoms with van der Waals surface area (Å²) in [6.45, 7) is 0.169. The van der Waals surface area contributed by atoms with Gasteiger partial charge in [-0.2, -0.15) is 0 Å². The Morgan fingerprint density at radius 1 is 0.966 bits per heavy atom. The summed E-state index contributed by atoms with van der Waals surface area (Å²) < 4.78 is 20.2. The molecular weight excluding hydrogens is 369 g/mol. The van der Waals surface area contributed by atoms with Crippen molar-refractivity contribution in [3.05, 3.63) is 107 Å². The van der Waals surface area contributed by atoms with E-state index in [1.165, 1.54) is 11.0 Å². The van der Waals surface area contributed by atoms with Crippen LogP contribution in [-0.2, 0) is 11.3 Å². The molecule has 0 aliphatic carbocycles. The van der Waals surface area contributed by atoms with E-state index in [2.05, 4.69) is 0 Å². The van der Waals surface area contributed by atoms with E-state index >= 15 is 0 Å². The zero-order valence-corrected chi connectivity index (χ0v) is 15.9. The molecule has 0 saturated heterocycles. The summed E-state index contributed by atoms with van der Waals surface area (Å²) in [7, 11) is 1.56. The second-order valence-corrected chi connectivity index (χ2v) is 6.80. The fourth-order valence-electron chi connectivity index (χ4n) is 3.77. The van der Waals surface area contributed by atoms with Crippen LogP contribution in [0.4, 0.5) is 4.39 Å². The number of halogens is 1. The molecule has 3 aromatic rings. The molecule has 0 spiro atoms. The standard InChI is InChI=1S/C24H20FNO3/c1-29-20-14-8-5-11-17(20)15-26-22(18-12-6-7-13-19(18)25)21(23(27)24(26)28)16-9-3-2-4-10-16/h2-14,22,27H,15H2,1H3. The minimum Gasteiger partial charge on any atom is -0.503 e. The van der Waals surface area contributed by atoms with Crippen LogP contribution < -0.4 is 4.74 Å². The van der Waals surface area contributed by atoms with Crippen molar-refractivity contribution in [1.29, 1.82) is 0 Å². The van der Waals surface area contributed by atoms with Gasteiger partial charge < -0.3 is 14.7 Å². The van der Waals surface area contributed by atoms with Crippen molar-refractivity contribution in [2.45, 2.75) is 12.6 Å². The third-order valence-electron chi connectivity index (χ3n) is 5.12. The highest BCUT2D eigenvalue weighted by Crippen LogP contribution is 2.44. The lowest BCUT2D eigenvalue weighted by Crippen LogP contribution is -2.30. The number of ether oxygens (including phenoxy) is 1. The molecule has 1 N–H and O–H groups in total. The van der Waals surface area contributed by atoms with Crippen molar-refractivity contribution in [3.8, 4) is 5.75 Å². The van der Waals surface area contributed by atoms with Gasteiger partial charge in [0, 0.05) is 16.7 Å². The van der Waals surface area contributed by atoms with Gasteiger partial charge in [-0.05, 0) is 17.7 Å². The first-order valence-corrected chi connectivity index (χ1v) is 9.27. The predicted molar refractivity (Wildman–Crippen MR) is 109 cm³/mol. The summed E-state index contributed by atoms with van der Waals surface area (Å²) in [5, 5.41) is 10.7. The molecule has 3 aromatic carbocycles. The third kappa shape index (κ3) is 3.36. The Labute approximate surface area is 168 Å². The van der Waals surface area contributed by atoms with E-state index in [1.807, 2.05) is 36.4 Å². The van der Waals surface area contributed by atoms with E-state index in [-0.39, 0.29) is 12.3 Å². The van der Waals surface area contributed by atoms with E-state index in [0.29, 0.717) is 22.4 Å². The fraction of sp³-hybridized carbons (Fsp3) is 0.125. The van der Waals surface area contributed by atoms with E-state index in [9.17, 15) is 14.3 Å². The molecule has 146 valence electrons. The van der Waals surface area contributed by atoms with Gasteiger partial charge >= 0.3 is 0 Å². The average Bonchev–Trinajstić information content (AvgIpc) is 3.00. The van der Waals surface area contributed by atoms with Crippen LogP contribution in [0.25, 0.3) is 5.57 Å². The molecule has 1 aliphatic rings. The van der Waals surface area contributed by atoms with E-state index in [0.717, 1.165) is 5.56 Å². The molecule has 1 heterocycles. The molecule has 1 aliphatic heterocycles. The van der Waals surface area contributed by atoms with Gasteiger partial charge in [0.1, 0.15) is 11.6 Å². The number of benzene rings is 3. The molecule has 0 aromatic heterocycles. The quantitative estimate of drug-likeness (QED) is 0.676. The topological polar surface area (TPSA) is 49.8 Å². The van der Waals surface area contributed by atoms with Crippen LogP contribution in [0.5, 0.6) is 5.75 Å². The summed E-state index contributed by atoms with van der Waals surface area (Å²) >= 11 is 0. The van der Waals surface area contributed by atoms with Crippen LogP contribution in [0.2, 0.25) is 0 Å². The number of nitrogens with zero attached hydrogens (tertiary/aromatic N) is 1. The van der Waals surface area contributed by atoms with Gasteiger partial charge in [-0.3, -0.25) is 4.79 Å². The molecule has 29 heavy (non-hydrogen) atoms. The van der Waals surface area contributed by atoms with Crippen LogP contribution in [-0.4, -0.2) is 23.0 Å². The van der Waals surface area contributed by atoms with Crippen LogP contribution >= 0.6 is 0 Å². The molecule has 1 unspecified atom stereocenters. The number of hydrogen-bond acceptors (Lipinski definition) is 3. The molecular formula is C24H20FNO3. The molecule has 1 amide bonds. The molecule has 5 heteroatoms. The van der Waals surface area contributed by atoms with Gasteiger partial charge in [-0.25, -0.2) is 4.39 Å². The first-order chi connectivity index (χ1) is 14.1. The number of carbonyl (C=O) groups excluding carboxylic acids is 1. The highest BCUT2D eigenvalue weighted by Gasteiger charge is 2.42. The lowest BCUT2D eigenvalue weighted by Gasteiger charge is -2.28. The van der Waals surface area contributed by atoms with Crippen LogP contribution in [0.3, 0.4) is 0 Å². The summed E-state index contributed by atoms with van der Waals surface area (Å²) in [6.07, 6.45) is 0. The van der Waals surface area contributed by atoms with Gasteiger partial charge in [0.05, 0.1) is 19.7 Å². The monoisotopic (exact) mass is 389 g/mol. The second-order valence-electron chi connectivity index (χ2n) is 6.80. The Morgan fingerprint density at radius 3 is 2.34 bits per heavy atom. The maximum Gasteiger partial charge on any atom is 0.290 e. The summed E-state index contributed by atoms with van der Waals surface area (Å²) in [5.41, 5.74) is 2.18. The normalized spacial score (nSPS) is 16.4. The Hall–Kier alpha value is -3.60. The zero-order valence-electron chi connectivity index (χ0n) is 15.9. The minimum absolute atomic E-state index is 0.169. The van der Waals surface area contributed by atoms with E-state index in [1.54, 1.807) is 43.5 Å². The molecule has 4 rings (SSSR count). The molecule has 4 nitrogen and oxygen atoms in total. The van der Waals surface area contributed by atoms with Gasteiger partial charge in [0.2, 0.25) is 0 Å². The Morgan fingerprint density at radius 2 is 1.62 bits per heavy atom.